The molecule has 0 amide bonds. The summed E-state index contributed by atoms with van der Waals surface area (Å²) in [6.45, 7) is 6.59. The van der Waals surface area contributed by atoms with Crippen LogP contribution in [-0.2, 0) is 0 Å². The van der Waals surface area contributed by atoms with Gasteiger partial charge in [0.1, 0.15) is 0 Å². The van der Waals surface area contributed by atoms with E-state index in [1.807, 2.05) is 0 Å². The van der Waals surface area contributed by atoms with Gasteiger partial charge in [-0.2, -0.15) is 0 Å². The lowest BCUT2D eigenvalue weighted by molar-refractivity contribution is 0.400. The second-order valence-corrected chi connectivity index (χ2v) is 3.84. The minimum atomic E-state index is 1.21. The van der Waals surface area contributed by atoms with Crippen molar-refractivity contribution in [3.05, 3.63) is 23.9 Å². The first-order chi connectivity index (χ1) is 5.86. The maximum Gasteiger partial charge on any atom is 0.0175 e. The van der Waals surface area contributed by atoms with Gasteiger partial charge in [-0.1, -0.05) is 12.2 Å². The molecule has 2 aliphatic rings. The van der Waals surface area contributed by atoms with Gasteiger partial charge in [-0.05, 0) is 38.2 Å². The van der Waals surface area contributed by atoms with Gasteiger partial charge >= 0.3 is 0 Å². The van der Waals surface area contributed by atoms with E-state index in [0.717, 1.165) is 0 Å². The van der Waals surface area contributed by atoms with Crippen LogP contribution in [0.15, 0.2) is 23.9 Å². The molecule has 1 saturated heterocycles. The maximum atomic E-state index is 4.03. The van der Waals surface area contributed by atoms with E-state index in [1.54, 1.807) is 5.70 Å². The van der Waals surface area contributed by atoms with Crippen LogP contribution in [0.1, 0.15) is 32.1 Å². The molecular weight excluding hydrogens is 146 g/mol. The lowest BCUT2D eigenvalue weighted by atomic mass is 10.0. The zero-order valence-corrected chi connectivity index (χ0v) is 7.68. The summed E-state index contributed by atoms with van der Waals surface area (Å²) in [5, 5.41) is 0. The van der Waals surface area contributed by atoms with Crippen molar-refractivity contribution in [3.8, 4) is 0 Å². The van der Waals surface area contributed by atoms with E-state index in [9.17, 15) is 0 Å². The highest BCUT2D eigenvalue weighted by Crippen LogP contribution is 2.26. The van der Waals surface area contributed by atoms with Crippen LogP contribution in [0.4, 0.5) is 0 Å². The van der Waals surface area contributed by atoms with Gasteiger partial charge < -0.3 is 4.90 Å². The molecule has 1 heteroatoms. The van der Waals surface area contributed by atoms with Crippen molar-refractivity contribution in [3.63, 3.8) is 0 Å². The van der Waals surface area contributed by atoms with E-state index < -0.39 is 0 Å². The summed E-state index contributed by atoms with van der Waals surface area (Å²) in [6, 6.07) is 0. The first-order valence-electron chi connectivity index (χ1n) is 4.99. The standard InChI is InChI=1S/C11H17N/c1-10-5-4-6-11(9-10)12-7-2-3-8-12/h9H,1-8H2. The Labute approximate surface area is 74.8 Å². The SMILES string of the molecule is C=C1C=C(N2CCCC2)CCC1. The van der Waals surface area contributed by atoms with Crippen LogP contribution < -0.4 is 0 Å². The van der Waals surface area contributed by atoms with Crippen molar-refractivity contribution < 1.29 is 0 Å². The van der Waals surface area contributed by atoms with E-state index in [0.29, 0.717) is 0 Å². The van der Waals surface area contributed by atoms with Gasteiger partial charge in [-0.15, -0.1) is 0 Å². The summed E-state index contributed by atoms with van der Waals surface area (Å²) in [4.78, 5) is 2.53. The fraction of sp³-hybridized carbons (Fsp3) is 0.636. The Kier molecular flexibility index (Phi) is 2.20. The average molecular weight is 163 g/mol. The summed E-state index contributed by atoms with van der Waals surface area (Å²) in [6.07, 6.45) is 8.85. The van der Waals surface area contributed by atoms with Crippen molar-refractivity contribution in [2.45, 2.75) is 32.1 Å². The molecule has 66 valence electrons. The van der Waals surface area contributed by atoms with E-state index in [-0.39, 0.29) is 0 Å². The quantitative estimate of drug-likeness (QED) is 0.574. The Bertz CT molecular complexity index is 209. The summed E-state index contributed by atoms with van der Waals surface area (Å²) >= 11 is 0. The largest absolute Gasteiger partial charge is 0.375 e. The first-order valence-corrected chi connectivity index (χ1v) is 4.99. The Hall–Kier alpha value is -0.720. The van der Waals surface area contributed by atoms with Crippen LogP contribution in [-0.4, -0.2) is 18.0 Å². The van der Waals surface area contributed by atoms with E-state index in [2.05, 4.69) is 17.6 Å². The third-order valence-electron chi connectivity index (χ3n) is 2.81. The third kappa shape index (κ3) is 1.55. The fourth-order valence-electron chi connectivity index (χ4n) is 2.13. The minimum absolute atomic E-state index is 1.21. The van der Waals surface area contributed by atoms with Crippen molar-refractivity contribution in [1.29, 1.82) is 0 Å². The minimum Gasteiger partial charge on any atom is -0.375 e. The predicted octanol–water partition coefficient (Wildman–Crippen LogP) is 2.71. The van der Waals surface area contributed by atoms with Crippen LogP contribution in [0, 0.1) is 0 Å². The van der Waals surface area contributed by atoms with Gasteiger partial charge in [0.05, 0.1) is 0 Å². The molecule has 2 rings (SSSR count). The number of hydrogen-bond donors (Lipinski definition) is 0. The monoisotopic (exact) mass is 163 g/mol. The molecule has 0 radical (unpaired) electrons. The highest BCUT2D eigenvalue weighted by atomic mass is 15.1. The van der Waals surface area contributed by atoms with E-state index in [1.165, 1.54) is 50.8 Å². The Morgan fingerprint density at radius 2 is 1.83 bits per heavy atom. The molecule has 1 fully saturated rings. The number of likely N-dealkylation sites (tertiary alicyclic amines) is 1. The maximum absolute atomic E-state index is 4.03. The number of nitrogens with zero attached hydrogens (tertiary/aromatic N) is 1. The van der Waals surface area contributed by atoms with Crippen molar-refractivity contribution in [2.75, 3.05) is 13.1 Å². The van der Waals surface area contributed by atoms with Crippen LogP contribution in [0.5, 0.6) is 0 Å². The number of hydrogen-bond acceptors (Lipinski definition) is 1. The average Bonchev–Trinajstić information content (AvgIpc) is 2.56. The molecule has 1 nitrogen and oxygen atoms in total. The molecule has 0 unspecified atom stereocenters. The van der Waals surface area contributed by atoms with Gasteiger partial charge in [0.2, 0.25) is 0 Å². The van der Waals surface area contributed by atoms with Crippen LogP contribution in [0.2, 0.25) is 0 Å². The predicted molar refractivity (Wildman–Crippen MR) is 51.9 cm³/mol. The molecular formula is C11H17N. The molecule has 1 aliphatic heterocycles. The lowest BCUT2D eigenvalue weighted by Gasteiger charge is -2.24. The normalized spacial score (nSPS) is 24.5. The smallest absolute Gasteiger partial charge is 0.0175 e. The van der Waals surface area contributed by atoms with Crippen molar-refractivity contribution >= 4 is 0 Å². The first kappa shape index (κ1) is 7.90. The Morgan fingerprint density at radius 3 is 2.50 bits per heavy atom. The second kappa shape index (κ2) is 3.34. The molecule has 0 N–H and O–H groups in total. The number of rotatable bonds is 1. The topological polar surface area (TPSA) is 3.24 Å². The molecule has 0 aromatic rings. The van der Waals surface area contributed by atoms with Gasteiger partial charge in [0.15, 0.2) is 0 Å². The van der Waals surface area contributed by atoms with Crippen LogP contribution >= 0.6 is 0 Å². The summed E-state index contributed by atoms with van der Waals surface area (Å²) < 4.78 is 0. The molecule has 0 saturated carbocycles. The molecule has 0 bridgehead atoms. The van der Waals surface area contributed by atoms with E-state index >= 15 is 0 Å². The molecule has 12 heavy (non-hydrogen) atoms. The van der Waals surface area contributed by atoms with E-state index in [4.69, 9.17) is 0 Å². The second-order valence-electron chi connectivity index (χ2n) is 3.84. The number of allylic oxidation sites excluding steroid dienone is 3. The summed E-state index contributed by atoms with van der Waals surface area (Å²) in [5.74, 6) is 0. The lowest BCUT2D eigenvalue weighted by Crippen LogP contribution is -2.20. The van der Waals surface area contributed by atoms with Crippen LogP contribution in [0.25, 0.3) is 0 Å². The Balaban J connectivity index is 2.05. The molecule has 1 heterocycles. The highest BCUT2D eigenvalue weighted by Gasteiger charge is 2.16. The van der Waals surface area contributed by atoms with Crippen molar-refractivity contribution in [2.24, 2.45) is 0 Å². The molecule has 0 aromatic carbocycles. The van der Waals surface area contributed by atoms with Gasteiger partial charge in [-0.25, -0.2) is 0 Å². The molecule has 0 aromatic heterocycles. The summed E-state index contributed by atoms with van der Waals surface area (Å²) in [7, 11) is 0. The van der Waals surface area contributed by atoms with Gasteiger partial charge in [0, 0.05) is 18.8 Å². The molecule has 0 spiro atoms. The van der Waals surface area contributed by atoms with Gasteiger partial charge in [0.25, 0.3) is 0 Å². The molecule has 1 aliphatic carbocycles. The van der Waals surface area contributed by atoms with Gasteiger partial charge in [-0.3, -0.25) is 0 Å². The Morgan fingerprint density at radius 1 is 1.08 bits per heavy atom. The van der Waals surface area contributed by atoms with Crippen LogP contribution in [0.3, 0.4) is 0 Å². The zero-order chi connectivity index (χ0) is 8.39. The molecule has 0 atom stereocenters. The summed E-state index contributed by atoms with van der Waals surface area (Å²) in [5.41, 5.74) is 2.87. The fourth-order valence-corrected chi connectivity index (χ4v) is 2.13. The highest BCUT2D eigenvalue weighted by molar-refractivity contribution is 5.23. The van der Waals surface area contributed by atoms with Crippen molar-refractivity contribution in [1.82, 2.24) is 4.90 Å². The third-order valence-corrected chi connectivity index (χ3v) is 2.81. The zero-order valence-electron chi connectivity index (χ0n) is 7.68.